The van der Waals surface area contributed by atoms with Gasteiger partial charge in [0.1, 0.15) is 0 Å². The van der Waals surface area contributed by atoms with Crippen LogP contribution in [0.4, 0.5) is 10.5 Å². The van der Waals surface area contributed by atoms with Gasteiger partial charge in [0.05, 0.1) is 0 Å². The van der Waals surface area contributed by atoms with Gasteiger partial charge >= 0.3 is 6.03 Å². The van der Waals surface area contributed by atoms with Crippen LogP contribution in [0.25, 0.3) is 0 Å². The van der Waals surface area contributed by atoms with Crippen molar-refractivity contribution in [3.63, 3.8) is 0 Å². The third-order valence-electron chi connectivity index (χ3n) is 1.16. The van der Waals surface area contributed by atoms with Gasteiger partial charge in [-0.15, -0.1) is 0 Å². The van der Waals surface area contributed by atoms with Gasteiger partial charge in [-0.1, -0.05) is 18.2 Å². The molecule has 0 saturated carbocycles. The molecule has 4 nitrogen and oxygen atoms in total. The Morgan fingerprint density at radius 1 is 1.27 bits per heavy atom. The summed E-state index contributed by atoms with van der Waals surface area (Å²) in [7, 11) is 0. The van der Waals surface area contributed by atoms with Crippen molar-refractivity contribution in [2.75, 3.05) is 5.32 Å². The minimum atomic E-state index is -0.420. The summed E-state index contributed by atoms with van der Waals surface area (Å²) in [6.45, 7) is 0. The lowest BCUT2D eigenvalue weighted by molar-refractivity contribution is 0.252. The van der Waals surface area contributed by atoms with Crippen LogP contribution in [0.1, 0.15) is 0 Å². The number of nitrogens with two attached hydrogens (primary N) is 1. The molecule has 2 amide bonds. The van der Waals surface area contributed by atoms with Gasteiger partial charge in [-0.25, -0.2) is 10.6 Å². The van der Waals surface area contributed by atoms with Crippen molar-refractivity contribution in [1.29, 1.82) is 0 Å². The average Bonchev–Trinajstić information content (AvgIpc) is 2.06. The van der Waals surface area contributed by atoms with Crippen LogP contribution in [0.2, 0.25) is 0 Å². The zero-order chi connectivity index (χ0) is 8.10. The van der Waals surface area contributed by atoms with Gasteiger partial charge in [0.2, 0.25) is 0 Å². The largest absolute Gasteiger partial charge is 0.333 e. The number of carbonyl (C=O) groups excluding carboxylic acids is 1. The van der Waals surface area contributed by atoms with E-state index in [1.165, 1.54) is 0 Å². The van der Waals surface area contributed by atoms with Crippen molar-refractivity contribution in [3.8, 4) is 0 Å². The predicted octanol–water partition coefficient (Wildman–Crippen LogP) is 0.682. The van der Waals surface area contributed by atoms with E-state index in [2.05, 4.69) is 5.32 Å². The summed E-state index contributed by atoms with van der Waals surface area (Å²) in [5.74, 6) is 4.86. The van der Waals surface area contributed by atoms with Gasteiger partial charge in [-0.2, -0.15) is 0 Å². The number of hydrogen-bond acceptors (Lipinski definition) is 2. The topological polar surface area (TPSA) is 67.1 Å². The Morgan fingerprint density at radius 2 is 1.91 bits per heavy atom. The van der Waals surface area contributed by atoms with Crippen LogP contribution in [0, 0.1) is 0 Å². The van der Waals surface area contributed by atoms with Crippen LogP contribution in [-0.2, 0) is 0 Å². The molecular formula is C7H9N3O. The lowest BCUT2D eigenvalue weighted by atomic mass is 10.3. The SMILES string of the molecule is NNC(=O)Nc1ccccc1. The smallest absolute Gasteiger partial charge is 0.307 e. The molecule has 0 unspecified atom stereocenters. The zero-order valence-electron chi connectivity index (χ0n) is 5.87. The zero-order valence-corrected chi connectivity index (χ0v) is 5.87. The van der Waals surface area contributed by atoms with Crippen molar-refractivity contribution in [3.05, 3.63) is 30.3 Å². The van der Waals surface area contributed by atoms with Gasteiger partial charge in [0.25, 0.3) is 0 Å². The molecule has 4 N–H and O–H groups in total. The van der Waals surface area contributed by atoms with E-state index < -0.39 is 6.03 Å². The van der Waals surface area contributed by atoms with Gasteiger partial charge in [-0.05, 0) is 12.1 Å². The molecule has 58 valence electrons. The molecule has 0 spiro atoms. The van der Waals surface area contributed by atoms with Gasteiger partial charge in [0.15, 0.2) is 0 Å². The number of nitrogens with one attached hydrogen (secondary N) is 2. The molecule has 0 saturated heterocycles. The molecule has 0 fully saturated rings. The summed E-state index contributed by atoms with van der Waals surface area (Å²) in [4.78, 5) is 10.6. The third-order valence-corrected chi connectivity index (χ3v) is 1.16. The fourth-order valence-electron chi connectivity index (χ4n) is 0.689. The Kier molecular flexibility index (Phi) is 2.46. The quantitative estimate of drug-likeness (QED) is 0.314. The highest BCUT2D eigenvalue weighted by Gasteiger charge is 1.94. The maximum absolute atomic E-state index is 10.6. The van der Waals surface area contributed by atoms with Gasteiger partial charge < -0.3 is 5.32 Å². The predicted molar refractivity (Wildman–Crippen MR) is 42.8 cm³/mol. The van der Waals surface area contributed by atoms with E-state index >= 15 is 0 Å². The molecule has 0 heterocycles. The highest BCUT2D eigenvalue weighted by Crippen LogP contribution is 2.03. The molecule has 0 bridgehead atoms. The third kappa shape index (κ3) is 2.27. The summed E-state index contributed by atoms with van der Waals surface area (Å²) in [6, 6.07) is 8.64. The molecular weight excluding hydrogens is 142 g/mol. The lowest BCUT2D eigenvalue weighted by Crippen LogP contribution is -2.34. The second-order valence-corrected chi connectivity index (χ2v) is 1.96. The number of amides is 2. The Hall–Kier alpha value is -1.55. The summed E-state index contributed by atoms with van der Waals surface area (Å²) in [6.07, 6.45) is 0. The fourth-order valence-corrected chi connectivity index (χ4v) is 0.689. The first-order chi connectivity index (χ1) is 5.33. The highest BCUT2D eigenvalue weighted by atomic mass is 16.2. The Labute approximate surface area is 64.4 Å². The van der Waals surface area contributed by atoms with Crippen LogP contribution in [0.15, 0.2) is 30.3 Å². The number of hydrogen-bond donors (Lipinski definition) is 3. The Morgan fingerprint density at radius 3 is 2.45 bits per heavy atom. The van der Waals surface area contributed by atoms with Crippen molar-refractivity contribution in [1.82, 2.24) is 5.43 Å². The van der Waals surface area contributed by atoms with E-state index in [0.717, 1.165) is 5.69 Å². The Balaban J connectivity index is 2.58. The van der Waals surface area contributed by atoms with Crippen molar-refractivity contribution in [2.45, 2.75) is 0 Å². The molecule has 0 aliphatic rings. The second-order valence-electron chi connectivity index (χ2n) is 1.96. The molecule has 1 aromatic rings. The summed E-state index contributed by atoms with van der Waals surface area (Å²) in [5, 5.41) is 2.52. The molecule has 0 aliphatic heterocycles. The highest BCUT2D eigenvalue weighted by molar-refractivity contribution is 5.88. The number of carbonyl (C=O) groups is 1. The number of urea groups is 1. The molecule has 1 aromatic carbocycles. The van der Waals surface area contributed by atoms with E-state index in [-0.39, 0.29) is 0 Å². The molecule has 1 rings (SSSR count). The maximum Gasteiger partial charge on any atom is 0.333 e. The average molecular weight is 151 g/mol. The summed E-state index contributed by atoms with van der Waals surface area (Å²) in [5.41, 5.74) is 2.68. The first kappa shape index (κ1) is 7.56. The number of benzene rings is 1. The van der Waals surface area contributed by atoms with E-state index in [4.69, 9.17) is 5.84 Å². The first-order valence-electron chi connectivity index (χ1n) is 3.15. The molecule has 4 heteroatoms. The number of anilines is 1. The van der Waals surface area contributed by atoms with Crippen LogP contribution in [0.3, 0.4) is 0 Å². The van der Waals surface area contributed by atoms with E-state index in [9.17, 15) is 4.79 Å². The Bertz CT molecular complexity index is 235. The summed E-state index contributed by atoms with van der Waals surface area (Å²) >= 11 is 0. The van der Waals surface area contributed by atoms with Crippen LogP contribution in [-0.4, -0.2) is 6.03 Å². The number of para-hydroxylation sites is 1. The first-order valence-corrected chi connectivity index (χ1v) is 3.15. The standard InChI is InChI=1S/C7H9N3O/c8-10-7(11)9-6-4-2-1-3-5-6/h1-5H,8H2,(H2,9,10,11). The summed E-state index contributed by atoms with van der Waals surface area (Å²) < 4.78 is 0. The van der Waals surface area contributed by atoms with E-state index in [1.807, 2.05) is 23.6 Å². The van der Waals surface area contributed by atoms with Crippen molar-refractivity contribution < 1.29 is 4.79 Å². The van der Waals surface area contributed by atoms with Gasteiger partial charge in [-0.3, -0.25) is 5.43 Å². The number of hydrazine groups is 1. The normalized spacial score (nSPS) is 8.82. The number of rotatable bonds is 1. The molecule has 11 heavy (non-hydrogen) atoms. The fraction of sp³-hybridized carbons (Fsp3) is 0. The van der Waals surface area contributed by atoms with Crippen molar-refractivity contribution in [2.24, 2.45) is 5.84 Å². The van der Waals surface area contributed by atoms with E-state index in [0.29, 0.717) is 0 Å². The minimum Gasteiger partial charge on any atom is -0.307 e. The molecule has 0 atom stereocenters. The van der Waals surface area contributed by atoms with Crippen LogP contribution < -0.4 is 16.6 Å². The second kappa shape index (κ2) is 3.58. The minimum absolute atomic E-state index is 0.420. The van der Waals surface area contributed by atoms with Crippen molar-refractivity contribution >= 4 is 11.7 Å². The monoisotopic (exact) mass is 151 g/mol. The molecule has 0 radical (unpaired) electrons. The lowest BCUT2D eigenvalue weighted by Gasteiger charge is -2.01. The van der Waals surface area contributed by atoms with Gasteiger partial charge in [0, 0.05) is 5.69 Å². The van der Waals surface area contributed by atoms with Crippen LogP contribution >= 0.6 is 0 Å². The van der Waals surface area contributed by atoms with E-state index in [1.54, 1.807) is 12.1 Å². The van der Waals surface area contributed by atoms with Crippen LogP contribution in [0.5, 0.6) is 0 Å². The maximum atomic E-state index is 10.6. The molecule has 0 aliphatic carbocycles. The molecule has 0 aromatic heterocycles.